The van der Waals surface area contributed by atoms with Crippen LogP contribution in [-0.2, 0) is 22.6 Å². The first-order valence-electron chi connectivity index (χ1n) is 9.53. The molecule has 1 aromatic rings. The standard InChI is InChI=1S/C20H27N3O2/c24-18(23-10-8-15-5-1-2-6-16(15)13-23)12-22-19(25)20-9-4-3-7-17(20)11-21-14-20/h1-2,5-6,17,21H,3-4,7-14H2,(H,22,25)/t17-,20+/m0/s1. The number of carbonyl (C=O) groups excluding carboxylic acids is 2. The molecule has 0 unspecified atom stereocenters. The van der Waals surface area contributed by atoms with Crippen molar-refractivity contribution in [1.82, 2.24) is 15.5 Å². The Morgan fingerprint density at radius 1 is 1.24 bits per heavy atom. The Hall–Kier alpha value is -1.88. The maximum atomic E-state index is 12.9. The van der Waals surface area contributed by atoms with Gasteiger partial charge in [0.05, 0.1) is 12.0 Å². The summed E-state index contributed by atoms with van der Waals surface area (Å²) in [5.74, 6) is 0.531. The fourth-order valence-electron chi connectivity index (χ4n) is 4.84. The molecule has 0 aromatic heterocycles. The molecule has 1 aliphatic carbocycles. The number of benzene rings is 1. The number of hydrogen-bond acceptors (Lipinski definition) is 3. The third kappa shape index (κ3) is 3.06. The molecule has 134 valence electrons. The Labute approximate surface area is 149 Å². The van der Waals surface area contributed by atoms with Gasteiger partial charge in [0.25, 0.3) is 0 Å². The number of hydrogen-bond donors (Lipinski definition) is 2. The first kappa shape index (κ1) is 16.6. The van der Waals surface area contributed by atoms with Crippen molar-refractivity contribution in [1.29, 1.82) is 0 Å². The summed E-state index contributed by atoms with van der Waals surface area (Å²) in [6.07, 6.45) is 5.29. The van der Waals surface area contributed by atoms with Crippen LogP contribution in [0.25, 0.3) is 0 Å². The second kappa shape index (κ2) is 6.79. The molecule has 4 rings (SSSR count). The Morgan fingerprint density at radius 3 is 2.96 bits per heavy atom. The van der Waals surface area contributed by atoms with Crippen LogP contribution < -0.4 is 10.6 Å². The molecule has 1 saturated heterocycles. The van der Waals surface area contributed by atoms with Gasteiger partial charge in [-0.3, -0.25) is 9.59 Å². The largest absolute Gasteiger partial charge is 0.346 e. The molecule has 2 amide bonds. The summed E-state index contributed by atoms with van der Waals surface area (Å²) in [5.41, 5.74) is 2.27. The van der Waals surface area contributed by atoms with Gasteiger partial charge in [-0.1, -0.05) is 37.1 Å². The highest BCUT2D eigenvalue weighted by molar-refractivity contribution is 5.88. The van der Waals surface area contributed by atoms with E-state index in [1.807, 2.05) is 17.0 Å². The van der Waals surface area contributed by atoms with E-state index in [1.165, 1.54) is 17.5 Å². The minimum Gasteiger partial charge on any atom is -0.346 e. The molecule has 0 radical (unpaired) electrons. The topological polar surface area (TPSA) is 61.4 Å². The highest BCUT2D eigenvalue weighted by Crippen LogP contribution is 2.43. The van der Waals surface area contributed by atoms with Gasteiger partial charge in [0.1, 0.15) is 0 Å². The lowest BCUT2D eigenvalue weighted by atomic mass is 9.67. The smallest absolute Gasteiger partial charge is 0.242 e. The van der Waals surface area contributed by atoms with Gasteiger partial charge in [-0.2, -0.15) is 0 Å². The van der Waals surface area contributed by atoms with Crippen LogP contribution in [0, 0.1) is 11.3 Å². The van der Waals surface area contributed by atoms with Crippen LogP contribution in [0.5, 0.6) is 0 Å². The van der Waals surface area contributed by atoms with Crippen molar-refractivity contribution in [2.24, 2.45) is 11.3 Å². The molecule has 1 aromatic carbocycles. The number of nitrogens with zero attached hydrogens (tertiary/aromatic N) is 1. The number of carbonyl (C=O) groups is 2. The van der Waals surface area contributed by atoms with E-state index in [9.17, 15) is 9.59 Å². The average Bonchev–Trinajstić information content (AvgIpc) is 3.10. The summed E-state index contributed by atoms with van der Waals surface area (Å²) in [5, 5.41) is 6.36. The molecule has 2 aliphatic heterocycles. The predicted octanol–water partition coefficient (Wildman–Crippen LogP) is 1.47. The van der Waals surface area contributed by atoms with Crippen LogP contribution in [0.1, 0.15) is 36.8 Å². The van der Waals surface area contributed by atoms with Crippen molar-refractivity contribution >= 4 is 11.8 Å². The summed E-state index contributed by atoms with van der Waals surface area (Å²) in [7, 11) is 0. The van der Waals surface area contributed by atoms with E-state index in [1.54, 1.807) is 0 Å². The fourth-order valence-corrected chi connectivity index (χ4v) is 4.84. The van der Waals surface area contributed by atoms with Gasteiger partial charge in [-0.05, 0) is 42.9 Å². The molecule has 2 N–H and O–H groups in total. The molecule has 3 aliphatic rings. The molecule has 1 saturated carbocycles. The van der Waals surface area contributed by atoms with Crippen LogP contribution in [0.15, 0.2) is 24.3 Å². The van der Waals surface area contributed by atoms with E-state index in [-0.39, 0.29) is 23.8 Å². The second-order valence-electron chi connectivity index (χ2n) is 7.75. The molecule has 5 nitrogen and oxygen atoms in total. The van der Waals surface area contributed by atoms with Gasteiger partial charge in [0.15, 0.2) is 0 Å². The highest BCUT2D eigenvalue weighted by atomic mass is 16.2. The van der Waals surface area contributed by atoms with Crippen LogP contribution in [-0.4, -0.2) is 42.9 Å². The Balaban J connectivity index is 1.35. The van der Waals surface area contributed by atoms with Crippen molar-refractivity contribution in [2.45, 2.75) is 38.6 Å². The van der Waals surface area contributed by atoms with E-state index in [4.69, 9.17) is 0 Å². The van der Waals surface area contributed by atoms with Gasteiger partial charge >= 0.3 is 0 Å². The summed E-state index contributed by atoms with van der Waals surface area (Å²) in [6.45, 7) is 3.20. The molecule has 0 bridgehead atoms. The number of amides is 2. The molecular formula is C20H27N3O2. The minimum atomic E-state index is -0.285. The van der Waals surface area contributed by atoms with Crippen LogP contribution >= 0.6 is 0 Å². The van der Waals surface area contributed by atoms with Crippen LogP contribution in [0.3, 0.4) is 0 Å². The summed E-state index contributed by atoms with van der Waals surface area (Å²) in [6, 6.07) is 8.29. The van der Waals surface area contributed by atoms with E-state index < -0.39 is 0 Å². The van der Waals surface area contributed by atoms with E-state index in [0.29, 0.717) is 12.5 Å². The third-order valence-corrected chi connectivity index (χ3v) is 6.37. The predicted molar refractivity (Wildman–Crippen MR) is 95.8 cm³/mol. The molecule has 2 atom stereocenters. The van der Waals surface area contributed by atoms with Crippen LogP contribution in [0.4, 0.5) is 0 Å². The van der Waals surface area contributed by atoms with E-state index in [0.717, 1.165) is 45.3 Å². The first-order chi connectivity index (χ1) is 12.2. The lowest BCUT2D eigenvalue weighted by Crippen LogP contribution is -2.50. The molecule has 5 heteroatoms. The SMILES string of the molecule is O=C(CNC(=O)[C@@]12CCCC[C@H]1CNC2)N1CCc2ccccc2C1. The fraction of sp³-hybridized carbons (Fsp3) is 0.600. The Kier molecular flexibility index (Phi) is 4.50. The zero-order valence-corrected chi connectivity index (χ0v) is 14.7. The van der Waals surface area contributed by atoms with E-state index in [2.05, 4.69) is 22.8 Å². The van der Waals surface area contributed by atoms with Crippen molar-refractivity contribution in [3.8, 4) is 0 Å². The minimum absolute atomic E-state index is 0.0255. The summed E-state index contributed by atoms with van der Waals surface area (Å²) >= 11 is 0. The number of nitrogens with one attached hydrogen (secondary N) is 2. The average molecular weight is 341 g/mol. The van der Waals surface area contributed by atoms with Crippen molar-refractivity contribution in [3.05, 3.63) is 35.4 Å². The van der Waals surface area contributed by atoms with E-state index >= 15 is 0 Å². The monoisotopic (exact) mass is 341 g/mol. The molecular weight excluding hydrogens is 314 g/mol. The lowest BCUT2D eigenvalue weighted by Gasteiger charge is -2.37. The maximum absolute atomic E-state index is 12.9. The normalized spacial score (nSPS) is 28.2. The van der Waals surface area contributed by atoms with Gasteiger partial charge in [0.2, 0.25) is 11.8 Å². The van der Waals surface area contributed by atoms with Gasteiger partial charge in [-0.25, -0.2) is 0 Å². The highest BCUT2D eigenvalue weighted by Gasteiger charge is 2.49. The van der Waals surface area contributed by atoms with Gasteiger partial charge in [0, 0.05) is 19.6 Å². The van der Waals surface area contributed by atoms with Crippen molar-refractivity contribution in [3.63, 3.8) is 0 Å². The molecule has 2 fully saturated rings. The molecule has 0 spiro atoms. The molecule has 25 heavy (non-hydrogen) atoms. The zero-order chi connectivity index (χ0) is 17.3. The Bertz CT molecular complexity index is 675. The van der Waals surface area contributed by atoms with Crippen LogP contribution in [0.2, 0.25) is 0 Å². The van der Waals surface area contributed by atoms with Crippen molar-refractivity contribution < 1.29 is 9.59 Å². The first-order valence-corrected chi connectivity index (χ1v) is 9.53. The quantitative estimate of drug-likeness (QED) is 0.875. The Morgan fingerprint density at radius 2 is 2.08 bits per heavy atom. The number of rotatable bonds is 3. The second-order valence-corrected chi connectivity index (χ2v) is 7.75. The number of fused-ring (bicyclic) bond motifs is 2. The van der Waals surface area contributed by atoms with Crippen molar-refractivity contribution in [2.75, 3.05) is 26.2 Å². The zero-order valence-electron chi connectivity index (χ0n) is 14.7. The van der Waals surface area contributed by atoms with Gasteiger partial charge in [-0.15, -0.1) is 0 Å². The third-order valence-electron chi connectivity index (χ3n) is 6.37. The lowest BCUT2D eigenvalue weighted by molar-refractivity contribution is -0.138. The summed E-state index contributed by atoms with van der Waals surface area (Å²) in [4.78, 5) is 27.3. The molecule has 2 heterocycles. The summed E-state index contributed by atoms with van der Waals surface area (Å²) < 4.78 is 0. The maximum Gasteiger partial charge on any atom is 0.242 e. The van der Waals surface area contributed by atoms with Gasteiger partial charge < -0.3 is 15.5 Å².